The average Bonchev–Trinajstić information content (AvgIpc) is 2.95. The fourth-order valence-electron chi connectivity index (χ4n) is 2.55. The maximum atomic E-state index is 3.48. The summed E-state index contributed by atoms with van der Waals surface area (Å²) in [6, 6.07) is 9.51. The van der Waals surface area contributed by atoms with Gasteiger partial charge in [0.1, 0.15) is 0 Å². The van der Waals surface area contributed by atoms with Crippen LogP contribution in [0.1, 0.15) is 38.7 Å². The number of thioether (sulfide) groups is 1. The molecule has 0 aromatic heterocycles. The molecule has 1 aliphatic heterocycles. The van der Waals surface area contributed by atoms with Gasteiger partial charge in [-0.2, -0.15) is 0 Å². The molecule has 1 heterocycles. The highest BCUT2D eigenvalue weighted by atomic mass is 32.2. The van der Waals surface area contributed by atoms with Crippen molar-refractivity contribution in [1.29, 1.82) is 0 Å². The molecule has 20 heavy (non-hydrogen) atoms. The molecule has 0 spiro atoms. The first kappa shape index (κ1) is 15.9. The fourth-order valence-corrected chi connectivity index (χ4v) is 3.47. The van der Waals surface area contributed by atoms with Crippen molar-refractivity contribution in [3.05, 3.63) is 29.8 Å². The molecule has 0 bridgehead atoms. The molecule has 2 nitrogen and oxygen atoms in total. The van der Waals surface area contributed by atoms with E-state index >= 15 is 0 Å². The minimum Gasteiger partial charge on any atom is -0.310 e. The summed E-state index contributed by atoms with van der Waals surface area (Å²) in [6.07, 6.45) is 4.11. The Bertz CT molecular complexity index is 386. The third-order valence-corrected chi connectivity index (χ3v) is 4.78. The molecule has 1 saturated heterocycles. The van der Waals surface area contributed by atoms with Crippen LogP contribution in [0, 0.1) is 0 Å². The predicted octanol–water partition coefficient (Wildman–Crippen LogP) is 3.76. The zero-order valence-electron chi connectivity index (χ0n) is 12.9. The number of nitrogens with zero attached hydrogens (tertiary/aromatic N) is 1. The van der Waals surface area contributed by atoms with E-state index in [0.717, 1.165) is 6.54 Å². The van der Waals surface area contributed by atoms with Gasteiger partial charge < -0.3 is 10.2 Å². The molecule has 112 valence electrons. The number of benzene rings is 1. The van der Waals surface area contributed by atoms with Crippen LogP contribution in [0.3, 0.4) is 0 Å². The van der Waals surface area contributed by atoms with Crippen molar-refractivity contribution in [2.24, 2.45) is 0 Å². The van der Waals surface area contributed by atoms with E-state index in [-0.39, 0.29) is 0 Å². The van der Waals surface area contributed by atoms with E-state index in [4.69, 9.17) is 0 Å². The molecule has 1 fully saturated rings. The normalized spacial score (nSPS) is 16.1. The number of hydrogen-bond acceptors (Lipinski definition) is 3. The Morgan fingerprint density at radius 1 is 1.25 bits per heavy atom. The average molecular weight is 292 g/mol. The van der Waals surface area contributed by atoms with E-state index < -0.39 is 0 Å². The smallest absolute Gasteiger partial charge is 0.0208 e. The first-order valence-electron chi connectivity index (χ1n) is 7.91. The standard InChI is InChI=1S/C17H28N2S/c1-15(2)18-14-16-7-5-8-17(13-16)20-12-6-11-19-9-3-4-10-19/h5,7-8,13,15,18H,3-4,6,9-12,14H2,1-2H3. The van der Waals surface area contributed by atoms with E-state index in [1.807, 2.05) is 11.8 Å². The van der Waals surface area contributed by atoms with Crippen LogP contribution in [0.15, 0.2) is 29.2 Å². The molecular weight excluding hydrogens is 264 g/mol. The van der Waals surface area contributed by atoms with Gasteiger partial charge in [0, 0.05) is 17.5 Å². The van der Waals surface area contributed by atoms with Crippen molar-refractivity contribution in [1.82, 2.24) is 10.2 Å². The number of rotatable bonds is 8. The zero-order chi connectivity index (χ0) is 14.2. The molecule has 0 unspecified atom stereocenters. The first-order chi connectivity index (χ1) is 9.74. The Kier molecular flexibility index (Phi) is 6.91. The molecule has 0 saturated carbocycles. The van der Waals surface area contributed by atoms with Crippen molar-refractivity contribution in [3.63, 3.8) is 0 Å². The van der Waals surface area contributed by atoms with Gasteiger partial charge in [-0.3, -0.25) is 0 Å². The third kappa shape index (κ3) is 5.86. The Labute approximate surface area is 128 Å². The molecule has 1 N–H and O–H groups in total. The van der Waals surface area contributed by atoms with E-state index in [1.165, 1.54) is 55.1 Å². The monoisotopic (exact) mass is 292 g/mol. The van der Waals surface area contributed by atoms with Gasteiger partial charge in [-0.1, -0.05) is 26.0 Å². The summed E-state index contributed by atoms with van der Waals surface area (Å²) in [7, 11) is 0. The molecule has 0 amide bonds. The Morgan fingerprint density at radius 3 is 2.80 bits per heavy atom. The van der Waals surface area contributed by atoms with Gasteiger partial charge in [0.2, 0.25) is 0 Å². The third-order valence-electron chi connectivity index (χ3n) is 3.70. The van der Waals surface area contributed by atoms with Crippen LogP contribution in [-0.4, -0.2) is 36.3 Å². The second-order valence-corrected chi connectivity index (χ2v) is 7.10. The quantitative estimate of drug-likeness (QED) is 0.580. The number of hydrogen-bond donors (Lipinski definition) is 1. The minimum atomic E-state index is 0.548. The second kappa shape index (κ2) is 8.71. The number of likely N-dealkylation sites (tertiary alicyclic amines) is 1. The highest BCUT2D eigenvalue weighted by molar-refractivity contribution is 7.99. The van der Waals surface area contributed by atoms with Crippen molar-refractivity contribution in [2.45, 2.75) is 50.6 Å². The highest BCUT2D eigenvalue weighted by Gasteiger charge is 2.10. The SMILES string of the molecule is CC(C)NCc1cccc(SCCCN2CCCC2)c1. The van der Waals surface area contributed by atoms with E-state index in [2.05, 4.69) is 48.3 Å². The molecule has 1 aromatic rings. The molecule has 3 heteroatoms. The Morgan fingerprint density at radius 2 is 2.05 bits per heavy atom. The molecule has 0 atom stereocenters. The first-order valence-corrected chi connectivity index (χ1v) is 8.90. The van der Waals surface area contributed by atoms with E-state index in [1.54, 1.807) is 0 Å². The lowest BCUT2D eigenvalue weighted by Gasteiger charge is -2.14. The zero-order valence-corrected chi connectivity index (χ0v) is 13.7. The largest absolute Gasteiger partial charge is 0.310 e. The predicted molar refractivity (Wildman–Crippen MR) is 89.4 cm³/mol. The van der Waals surface area contributed by atoms with Crippen molar-refractivity contribution >= 4 is 11.8 Å². The van der Waals surface area contributed by atoms with Crippen LogP contribution < -0.4 is 5.32 Å². The molecule has 0 aliphatic carbocycles. The molecule has 1 aliphatic rings. The summed E-state index contributed by atoms with van der Waals surface area (Å²) in [5, 5.41) is 3.48. The summed E-state index contributed by atoms with van der Waals surface area (Å²) in [6.45, 7) is 9.28. The molecule has 0 radical (unpaired) electrons. The molecule has 1 aromatic carbocycles. The van der Waals surface area contributed by atoms with Crippen LogP contribution in [0.4, 0.5) is 0 Å². The summed E-state index contributed by atoms with van der Waals surface area (Å²) >= 11 is 2.00. The van der Waals surface area contributed by atoms with Crippen LogP contribution in [0.25, 0.3) is 0 Å². The van der Waals surface area contributed by atoms with Crippen LogP contribution in [0.2, 0.25) is 0 Å². The number of nitrogens with one attached hydrogen (secondary N) is 1. The maximum Gasteiger partial charge on any atom is 0.0208 e. The van der Waals surface area contributed by atoms with Gasteiger partial charge in [-0.05, 0) is 62.3 Å². The van der Waals surface area contributed by atoms with Gasteiger partial charge in [0.25, 0.3) is 0 Å². The van der Waals surface area contributed by atoms with Gasteiger partial charge >= 0.3 is 0 Å². The van der Waals surface area contributed by atoms with Crippen LogP contribution >= 0.6 is 11.8 Å². The Balaban J connectivity index is 1.67. The lowest BCUT2D eigenvalue weighted by atomic mass is 10.2. The summed E-state index contributed by atoms with van der Waals surface area (Å²) < 4.78 is 0. The minimum absolute atomic E-state index is 0.548. The van der Waals surface area contributed by atoms with Crippen molar-refractivity contribution < 1.29 is 0 Å². The van der Waals surface area contributed by atoms with Crippen molar-refractivity contribution in [3.8, 4) is 0 Å². The maximum absolute atomic E-state index is 3.48. The Hall–Kier alpha value is -0.510. The topological polar surface area (TPSA) is 15.3 Å². The summed E-state index contributed by atoms with van der Waals surface area (Å²) in [5.74, 6) is 1.23. The highest BCUT2D eigenvalue weighted by Crippen LogP contribution is 2.20. The molecular formula is C17H28N2S. The lowest BCUT2D eigenvalue weighted by molar-refractivity contribution is 0.341. The van der Waals surface area contributed by atoms with E-state index in [0.29, 0.717) is 6.04 Å². The lowest BCUT2D eigenvalue weighted by Crippen LogP contribution is -2.21. The molecule has 2 rings (SSSR count). The van der Waals surface area contributed by atoms with Crippen LogP contribution in [-0.2, 0) is 6.54 Å². The fraction of sp³-hybridized carbons (Fsp3) is 0.647. The second-order valence-electron chi connectivity index (χ2n) is 5.93. The van der Waals surface area contributed by atoms with Crippen LogP contribution in [0.5, 0.6) is 0 Å². The van der Waals surface area contributed by atoms with Crippen molar-refractivity contribution in [2.75, 3.05) is 25.4 Å². The van der Waals surface area contributed by atoms with Gasteiger partial charge in [-0.25, -0.2) is 0 Å². The van der Waals surface area contributed by atoms with Gasteiger partial charge in [0.15, 0.2) is 0 Å². The van der Waals surface area contributed by atoms with E-state index in [9.17, 15) is 0 Å². The summed E-state index contributed by atoms with van der Waals surface area (Å²) in [4.78, 5) is 4.01. The van der Waals surface area contributed by atoms with Gasteiger partial charge in [-0.15, -0.1) is 11.8 Å². The summed E-state index contributed by atoms with van der Waals surface area (Å²) in [5.41, 5.74) is 1.39. The van der Waals surface area contributed by atoms with Gasteiger partial charge in [0.05, 0.1) is 0 Å².